The fourth-order valence-electron chi connectivity index (χ4n) is 3.58. The molecule has 2 aromatic carbocycles. The molecular formula is C32H32N6O6. The zero-order valence-corrected chi connectivity index (χ0v) is 23.9. The van der Waals surface area contributed by atoms with E-state index in [1.807, 2.05) is 48.5 Å². The van der Waals surface area contributed by atoms with Crippen molar-refractivity contribution in [3.8, 4) is 11.5 Å². The molecular weight excluding hydrogens is 564 g/mol. The summed E-state index contributed by atoms with van der Waals surface area (Å²) in [6, 6.07) is 21.4. The molecule has 0 saturated carbocycles. The number of pyridine rings is 2. The standard InChI is InChI=1S/C32H32N6O6/c39-31(27-7-3-11-33-23-27)37-35-21-25-5-1-9-29(19-25)43-17-15-41-13-14-42-16-18-44-30-10-2-6-26(20-30)22-36-38-32(40)28-8-4-12-34-24-28/h1-12,19-24H,13-18H2,(H,37,39)(H,38,40). The Bertz CT molecular complexity index is 1400. The third-order valence-electron chi connectivity index (χ3n) is 5.69. The minimum atomic E-state index is -0.339. The molecule has 0 radical (unpaired) electrons. The number of rotatable bonds is 17. The molecule has 2 amide bonds. The van der Waals surface area contributed by atoms with Gasteiger partial charge in [-0.1, -0.05) is 24.3 Å². The van der Waals surface area contributed by atoms with Crippen LogP contribution in [0.15, 0.2) is 108 Å². The van der Waals surface area contributed by atoms with Gasteiger partial charge < -0.3 is 18.9 Å². The second kappa shape index (κ2) is 18.2. The van der Waals surface area contributed by atoms with Crippen LogP contribution in [0, 0.1) is 0 Å². The summed E-state index contributed by atoms with van der Waals surface area (Å²) in [6.07, 6.45) is 9.21. The van der Waals surface area contributed by atoms with Gasteiger partial charge in [-0.25, -0.2) is 10.9 Å². The highest BCUT2D eigenvalue weighted by Crippen LogP contribution is 2.13. The molecule has 0 aliphatic rings. The van der Waals surface area contributed by atoms with Crippen molar-refractivity contribution in [1.82, 2.24) is 20.8 Å². The summed E-state index contributed by atoms with van der Waals surface area (Å²) in [7, 11) is 0. The lowest BCUT2D eigenvalue weighted by atomic mass is 10.2. The van der Waals surface area contributed by atoms with E-state index >= 15 is 0 Å². The van der Waals surface area contributed by atoms with Gasteiger partial charge in [-0.05, 0) is 59.7 Å². The quantitative estimate of drug-likeness (QED) is 0.107. The summed E-state index contributed by atoms with van der Waals surface area (Å²) in [5, 5.41) is 7.96. The smallest absolute Gasteiger partial charge is 0.272 e. The van der Waals surface area contributed by atoms with Crippen LogP contribution in [0.4, 0.5) is 0 Å². The van der Waals surface area contributed by atoms with Crippen molar-refractivity contribution >= 4 is 24.2 Å². The average molecular weight is 597 g/mol. The van der Waals surface area contributed by atoms with E-state index in [9.17, 15) is 9.59 Å². The molecule has 0 aliphatic heterocycles. The van der Waals surface area contributed by atoms with Crippen molar-refractivity contribution < 1.29 is 28.5 Å². The molecule has 0 bridgehead atoms. The Morgan fingerprint density at radius 2 is 1.07 bits per heavy atom. The van der Waals surface area contributed by atoms with Gasteiger partial charge in [0, 0.05) is 24.8 Å². The van der Waals surface area contributed by atoms with E-state index in [-0.39, 0.29) is 11.8 Å². The van der Waals surface area contributed by atoms with Crippen LogP contribution in [0.5, 0.6) is 11.5 Å². The Balaban J connectivity index is 1.03. The van der Waals surface area contributed by atoms with E-state index in [1.54, 1.807) is 36.7 Å². The fraction of sp³-hybridized carbons (Fsp3) is 0.188. The molecule has 12 heteroatoms. The number of carbonyl (C=O) groups excluding carboxylic acids is 2. The first-order chi connectivity index (χ1) is 21.7. The molecule has 4 aromatic rings. The van der Waals surface area contributed by atoms with Gasteiger partial charge in [-0.2, -0.15) is 10.2 Å². The van der Waals surface area contributed by atoms with Gasteiger partial charge >= 0.3 is 0 Å². The van der Waals surface area contributed by atoms with E-state index in [1.165, 1.54) is 24.8 Å². The van der Waals surface area contributed by atoms with Crippen molar-refractivity contribution in [2.24, 2.45) is 10.2 Å². The number of carbonyl (C=O) groups is 2. The van der Waals surface area contributed by atoms with Crippen LogP contribution in [0.2, 0.25) is 0 Å². The highest BCUT2D eigenvalue weighted by molar-refractivity contribution is 5.95. The van der Waals surface area contributed by atoms with Crippen LogP contribution >= 0.6 is 0 Å². The van der Waals surface area contributed by atoms with Gasteiger partial charge in [0.15, 0.2) is 0 Å². The first kappa shape index (κ1) is 31.5. The molecule has 2 heterocycles. The number of nitrogens with one attached hydrogen (secondary N) is 2. The minimum absolute atomic E-state index is 0.339. The first-order valence-electron chi connectivity index (χ1n) is 13.8. The van der Waals surface area contributed by atoms with Gasteiger partial charge in [0.05, 0.1) is 50.0 Å². The van der Waals surface area contributed by atoms with Gasteiger partial charge in [-0.15, -0.1) is 0 Å². The zero-order chi connectivity index (χ0) is 30.7. The lowest BCUT2D eigenvalue weighted by molar-refractivity contribution is 0.0273. The maximum atomic E-state index is 12.0. The monoisotopic (exact) mass is 596 g/mol. The van der Waals surface area contributed by atoms with Crippen LogP contribution in [-0.4, -0.2) is 73.9 Å². The SMILES string of the molecule is O=C(NN=Cc1cccc(OCCOCCOCCOc2cccc(C=NNC(=O)c3cccnc3)c2)c1)c1cccnc1. The molecule has 4 rings (SSSR count). The van der Waals surface area contributed by atoms with Crippen molar-refractivity contribution in [3.05, 3.63) is 120 Å². The average Bonchev–Trinajstić information content (AvgIpc) is 3.06. The maximum absolute atomic E-state index is 12.0. The van der Waals surface area contributed by atoms with Crippen molar-refractivity contribution in [2.45, 2.75) is 0 Å². The van der Waals surface area contributed by atoms with Crippen molar-refractivity contribution in [3.63, 3.8) is 0 Å². The molecule has 0 spiro atoms. The Morgan fingerprint density at radius 3 is 1.50 bits per heavy atom. The van der Waals surface area contributed by atoms with Gasteiger partial charge in [0.2, 0.25) is 0 Å². The van der Waals surface area contributed by atoms with Crippen molar-refractivity contribution in [1.29, 1.82) is 0 Å². The van der Waals surface area contributed by atoms with Crippen LogP contribution in [0.25, 0.3) is 0 Å². The number of hydrogen-bond donors (Lipinski definition) is 2. The predicted octanol–water partition coefficient (Wildman–Crippen LogP) is 3.50. The molecule has 0 atom stereocenters. The molecule has 12 nitrogen and oxygen atoms in total. The number of hydrazone groups is 2. The zero-order valence-electron chi connectivity index (χ0n) is 23.9. The van der Waals surface area contributed by atoms with Gasteiger partial charge in [0.25, 0.3) is 11.8 Å². The number of nitrogens with zero attached hydrogens (tertiary/aromatic N) is 4. The van der Waals surface area contributed by atoms with E-state index < -0.39 is 0 Å². The van der Waals surface area contributed by atoms with Gasteiger partial charge in [0.1, 0.15) is 24.7 Å². The normalized spacial score (nSPS) is 11.0. The van der Waals surface area contributed by atoms with Crippen LogP contribution in [0.3, 0.4) is 0 Å². The predicted molar refractivity (Wildman–Crippen MR) is 164 cm³/mol. The Labute approximate surface area is 254 Å². The number of aromatic nitrogens is 2. The van der Waals surface area contributed by atoms with E-state index in [2.05, 4.69) is 31.0 Å². The first-order valence-corrected chi connectivity index (χ1v) is 13.8. The second-order valence-corrected chi connectivity index (χ2v) is 8.95. The lowest BCUT2D eigenvalue weighted by Crippen LogP contribution is -2.17. The molecule has 2 aromatic heterocycles. The molecule has 226 valence electrons. The van der Waals surface area contributed by atoms with E-state index in [4.69, 9.17) is 18.9 Å². The summed E-state index contributed by atoms with van der Waals surface area (Å²) in [6.45, 7) is 2.38. The Hall–Kier alpha value is -5.46. The van der Waals surface area contributed by atoms with Crippen LogP contribution in [0.1, 0.15) is 31.8 Å². The van der Waals surface area contributed by atoms with E-state index in [0.717, 1.165) is 11.1 Å². The summed E-state index contributed by atoms with van der Waals surface area (Å²) in [5.41, 5.74) is 7.34. The summed E-state index contributed by atoms with van der Waals surface area (Å²) in [5.74, 6) is 0.645. The maximum Gasteiger partial charge on any atom is 0.272 e. The van der Waals surface area contributed by atoms with Gasteiger partial charge in [-0.3, -0.25) is 19.6 Å². The molecule has 2 N–H and O–H groups in total. The highest BCUT2D eigenvalue weighted by atomic mass is 16.6. The third kappa shape index (κ3) is 11.4. The number of hydrogen-bond acceptors (Lipinski definition) is 10. The van der Waals surface area contributed by atoms with Crippen molar-refractivity contribution in [2.75, 3.05) is 39.6 Å². The topological polar surface area (TPSA) is 146 Å². The third-order valence-corrected chi connectivity index (χ3v) is 5.69. The molecule has 0 saturated heterocycles. The van der Waals surface area contributed by atoms with E-state index in [0.29, 0.717) is 62.3 Å². The molecule has 0 unspecified atom stereocenters. The number of ether oxygens (including phenoxy) is 4. The fourth-order valence-corrected chi connectivity index (χ4v) is 3.58. The van der Waals surface area contributed by atoms with Crippen LogP contribution < -0.4 is 20.3 Å². The largest absolute Gasteiger partial charge is 0.491 e. The second-order valence-electron chi connectivity index (χ2n) is 8.95. The summed E-state index contributed by atoms with van der Waals surface area (Å²) < 4.78 is 22.6. The molecule has 0 aliphatic carbocycles. The Morgan fingerprint density at radius 1 is 0.614 bits per heavy atom. The van der Waals surface area contributed by atoms with Crippen LogP contribution in [-0.2, 0) is 9.47 Å². The summed E-state index contributed by atoms with van der Waals surface area (Å²) >= 11 is 0. The Kier molecular flexibility index (Phi) is 13.0. The molecule has 44 heavy (non-hydrogen) atoms. The highest BCUT2D eigenvalue weighted by Gasteiger charge is 2.04. The lowest BCUT2D eigenvalue weighted by Gasteiger charge is -2.09. The number of benzene rings is 2. The summed E-state index contributed by atoms with van der Waals surface area (Å²) in [4.78, 5) is 31.9. The minimum Gasteiger partial charge on any atom is -0.491 e. The molecule has 0 fully saturated rings. The number of amides is 2.